The SMILES string of the molecule is CCCC(Cl)c1ccc(C#N)cc1OCc1ccc(Cl)cc1Cl.O=S(Cl)Cl. The molecular weight excluding hydrogens is 472 g/mol. The number of halogens is 5. The number of rotatable bonds is 6. The zero-order chi connectivity index (χ0) is 20.4. The van der Waals surface area contributed by atoms with Gasteiger partial charge >= 0.3 is 0 Å². The van der Waals surface area contributed by atoms with Gasteiger partial charge in [-0.15, -0.1) is 11.6 Å². The van der Waals surface area contributed by atoms with Crippen molar-refractivity contribution in [2.24, 2.45) is 0 Å². The lowest BCUT2D eigenvalue weighted by Gasteiger charge is -2.16. The molecule has 1 unspecified atom stereocenters. The van der Waals surface area contributed by atoms with Crippen LogP contribution in [0.15, 0.2) is 36.4 Å². The Morgan fingerprint density at radius 3 is 2.41 bits per heavy atom. The average molecular weight is 488 g/mol. The maximum absolute atomic E-state index is 9.09. The van der Waals surface area contributed by atoms with Crippen LogP contribution in [0.5, 0.6) is 5.75 Å². The first-order chi connectivity index (χ1) is 12.8. The molecule has 0 radical (unpaired) electrons. The fourth-order valence-electron chi connectivity index (χ4n) is 2.19. The fourth-order valence-corrected chi connectivity index (χ4v) is 3.05. The molecule has 146 valence electrons. The summed E-state index contributed by atoms with van der Waals surface area (Å²) in [5, 5.41) is 10.1. The van der Waals surface area contributed by atoms with Crippen molar-refractivity contribution in [3.8, 4) is 11.8 Å². The molecule has 0 saturated heterocycles. The normalized spacial score (nSPS) is 11.3. The van der Waals surface area contributed by atoms with Gasteiger partial charge in [-0.25, -0.2) is 4.21 Å². The molecule has 0 amide bonds. The highest BCUT2D eigenvalue weighted by Gasteiger charge is 2.14. The second kappa shape index (κ2) is 12.7. The molecule has 2 rings (SSSR count). The van der Waals surface area contributed by atoms with Gasteiger partial charge in [-0.05, 0) is 30.7 Å². The minimum Gasteiger partial charge on any atom is -0.488 e. The van der Waals surface area contributed by atoms with E-state index in [1.165, 1.54) is 0 Å². The van der Waals surface area contributed by atoms with Crippen molar-refractivity contribution < 1.29 is 8.95 Å². The first kappa shape index (κ1) is 24.4. The summed E-state index contributed by atoms with van der Waals surface area (Å²) in [4.78, 5) is 0. The summed E-state index contributed by atoms with van der Waals surface area (Å²) in [7, 11) is 7.36. The van der Waals surface area contributed by atoms with E-state index in [1.807, 2.05) is 12.1 Å². The smallest absolute Gasteiger partial charge is 0.211 e. The number of benzene rings is 2. The fraction of sp³-hybridized carbons (Fsp3) is 0.278. The summed E-state index contributed by atoms with van der Waals surface area (Å²) >= 11 is 18.5. The van der Waals surface area contributed by atoms with E-state index in [9.17, 15) is 0 Å². The van der Waals surface area contributed by atoms with Crippen LogP contribution < -0.4 is 4.74 Å². The second-order valence-electron chi connectivity index (χ2n) is 5.33. The number of hydrogen-bond acceptors (Lipinski definition) is 3. The van der Waals surface area contributed by atoms with Crippen LogP contribution in [-0.4, -0.2) is 4.21 Å². The molecule has 9 heteroatoms. The minimum atomic E-state index is -1.67. The molecule has 0 heterocycles. The summed E-state index contributed by atoms with van der Waals surface area (Å²) in [6.45, 7) is 2.36. The van der Waals surface area contributed by atoms with Gasteiger partial charge in [0.25, 0.3) is 0 Å². The van der Waals surface area contributed by atoms with Crippen molar-refractivity contribution in [1.29, 1.82) is 5.26 Å². The van der Waals surface area contributed by atoms with Gasteiger partial charge in [-0.2, -0.15) is 5.26 Å². The van der Waals surface area contributed by atoms with Crippen LogP contribution in [-0.2, 0) is 15.8 Å². The van der Waals surface area contributed by atoms with Crippen LogP contribution in [0.2, 0.25) is 10.0 Å². The van der Waals surface area contributed by atoms with E-state index in [1.54, 1.807) is 24.3 Å². The van der Waals surface area contributed by atoms with Crippen molar-refractivity contribution >= 4 is 65.4 Å². The van der Waals surface area contributed by atoms with Gasteiger partial charge in [0, 0.05) is 42.5 Å². The number of ether oxygens (including phenoxy) is 1. The molecule has 2 aromatic rings. The van der Waals surface area contributed by atoms with Gasteiger partial charge in [-0.1, -0.05) is 48.7 Å². The molecule has 0 aliphatic carbocycles. The molecule has 2 aromatic carbocycles. The molecule has 0 spiro atoms. The van der Waals surface area contributed by atoms with Crippen molar-refractivity contribution in [2.45, 2.75) is 31.7 Å². The monoisotopic (exact) mass is 485 g/mol. The van der Waals surface area contributed by atoms with Crippen molar-refractivity contribution in [3.63, 3.8) is 0 Å². The number of nitrogens with zero attached hydrogens (tertiary/aromatic N) is 1. The molecular formula is C18H16Cl5NO2S. The summed E-state index contributed by atoms with van der Waals surface area (Å²) in [5.41, 5.74) is 2.25. The van der Waals surface area contributed by atoms with Crippen LogP contribution in [0.4, 0.5) is 0 Å². The number of nitriles is 1. The Bertz CT molecular complexity index is 822. The van der Waals surface area contributed by atoms with Crippen LogP contribution in [0, 0.1) is 11.3 Å². The van der Waals surface area contributed by atoms with Crippen LogP contribution in [0.25, 0.3) is 0 Å². The summed E-state index contributed by atoms with van der Waals surface area (Å²) < 4.78 is 15.0. The standard InChI is InChI=1S/C18H16Cl3NO.Cl2OS/c1-2-3-16(20)15-7-4-12(10-22)8-18(15)23-11-13-5-6-14(19)9-17(13)21;1-4(2)3/h4-9,16H,2-3,11H2,1H3;. The zero-order valence-electron chi connectivity index (χ0n) is 14.2. The van der Waals surface area contributed by atoms with Crippen molar-refractivity contribution in [2.75, 3.05) is 0 Å². The van der Waals surface area contributed by atoms with Crippen molar-refractivity contribution in [1.82, 2.24) is 0 Å². The highest BCUT2D eigenvalue weighted by Crippen LogP contribution is 2.34. The Morgan fingerprint density at radius 2 is 1.85 bits per heavy atom. The summed E-state index contributed by atoms with van der Waals surface area (Å²) in [6, 6.07) is 12.7. The molecule has 1 atom stereocenters. The summed E-state index contributed by atoms with van der Waals surface area (Å²) in [5.74, 6) is 0.614. The van der Waals surface area contributed by atoms with E-state index >= 15 is 0 Å². The molecule has 0 aromatic heterocycles. The average Bonchev–Trinajstić information content (AvgIpc) is 2.60. The predicted octanol–water partition coefficient (Wildman–Crippen LogP) is 7.57. The Morgan fingerprint density at radius 1 is 1.19 bits per heavy atom. The second-order valence-corrected chi connectivity index (χ2v) is 9.22. The molecule has 0 N–H and O–H groups in total. The molecule has 0 saturated carbocycles. The lowest BCUT2D eigenvalue weighted by molar-refractivity contribution is 0.302. The van der Waals surface area contributed by atoms with Gasteiger partial charge in [0.05, 0.1) is 17.0 Å². The molecule has 27 heavy (non-hydrogen) atoms. The number of alkyl halides is 1. The third kappa shape index (κ3) is 8.91. The van der Waals surface area contributed by atoms with E-state index in [0.717, 1.165) is 24.0 Å². The highest BCUT2D eigenvalue weighted by atomic mass is 36.0. The molecule has 0 bridgehead atoms. The van der Waals surface area contributed by atoms with E-state index < -0.39 is 9.23 Å². The molecule has 3 nitrogen and oxygen atoms in total. The lowest BCUT2D eigenvalue weighted by Crippen LogP contribution is -2.01. The third-order valence-corrected chi connectivity index (χ3v) is 4.46. The van der Waals surface area contributed by atoms with Gasteiger partial charge in [-0.3, -0.25) is 0 Å². The Kier molecular flexibility index (Phi) is 11.5. The van der Waals surface area contributed by atoms with E-state index in [2.05, 4.69) is 34.4 Å². The lowest BCUT2D eigenvalue weighted by atomic mass is 10.0. The Balaban J connectivity index is 0.000000828. The van der Waals surface area contributed by atoms with E-state index in [-0.39, 0.29) is 12.0 Å². The molecule has 0 aliphatic rings. The largest absolute Gasteiger partial charge is 0.488 e. The zero-order valence-corrected chi connectivity index (χ0v) is 18.8. The first-order valence-electron chi connectivity index (χ1n) is 7.77. The highest BCUT2D eigenvalue weighted by molar-refractivity contribution is 8.26. The van der Waals surface area contributed by atoms with Gasteiger partial charge < -0.3 is 4.74 Å². The number of hydrogen-bond donors (Lipinski definition) is 0. The molecule has 0 fully saturated rings. The maximum Gasteiger partial charge on any atom is 0.211 e. The van der Waals surface area contributed by atoms with Gasteiger partial charge in [0.1, 0.15) is 12.4 Å². The van der Waals surface area contributed by atoms with Gasteiger partial charge in [0.2, 0.25) is 9.23 Å². The Labute approximate surface area is 185 Å². The summed E-state index contributed by atoms with van der Waals surface area (Å²) in [6.07, 6.45) is 1.81. The topological polar surface area (TPSA) is 50.1 Å². The third-order valence-electron chi connectivity index (χ3n) is 3.42. The van der Waals surface area contributed by atoms with Crippen LogP contribution in [0.1, 0.15) is 41.8 Å². The Hall–Kier alpha value is -0.670. The minimum absolute atomic E-state index is 0.150. The van der Waals surface area contributed by atoms with Crippen LogP contribution in [0.3, 0.4) is 0 Å². The van der Waals surface area contributed by atoms with E-state index in [0.29, 0.717) is 21.4 Å². The van der Waals surface area contributed by atoms with Gasteiger partial charge in [0.15, 0.2) is 0 Å². The van der Waals surface area contributed by atoms with Crippen molar-refractivity contribution in [3.05, 3.63) is 63.1 Å². The maximum atomic E-state index is 9.09. The molecule has 0 aliphatic heterocycles. The first-order valence-corrected chi connectivity index (χ1v) is 11.8. The quantitative estimate of drug-likeness (QED) is 0.312. The van der Waals surface area contributed by atoms with E-state index in [4.69, 9.17) is 49.0 Å². The van der Waals surface area contributed by atoms with Crippen LogP contribution >= 0.6 is 56.2 Å². The predicted molar refractivity (Wildman–Crippen MR) is 115 cm³/mol.